The quantitative estimate of drug-likeness (QED) is 0.520. The van der Waals surface area contributed by atoms with Gasteiger partial charge in [-0.05, 0) is 32.8 Å². The fourth-order valence-electron chi connectivity index (χ4n) is 3.02. The Kier molecular flexibility index (Phi) is 4.31. The molecule has 136 valence electrons. The number of rotatable bonds is 6. The zero-order valence-electron chi connectivity index (χ0n) is 15.5. The molecule has 0 atom stereocenters. The summed E-state index contributed by atoms with van der Waals surface area (Å²) in [6.45, 7) is 10.2. The number of fused-ring (bicyclic) bond motifs is 1. The van der Waals surface area contributed by atoms with Crippen molar-refractivity contribution in [3.05, 3.63) is 23.7 Å². The van der Waals surface area contributed by atoms with Gasteiger partial charge < -0.3 is 0 Å². The minimum Gasteiger partial charge on any atom is -0.272 e. The maximum Gasteiger partial charge on any atom is 0.235 e. The van der Waals surface area contributed by atoms with E-state index in [2.05, 4.69) is 47.2 Å². The monoisotopic (exact) mass is 370 g/mol. The van der Waals surface area contributed by atoms with E-state index >= 15 is 0 Å². The second-order valence-electron chi connectivity index (χ2n) is 6.41. The molecule has 0 unspecified atom stereocenters. The van der Waals surface area contributed by atoms with Crippen molar-refractivity contribution in [2.24, 2.45) is 0 Å². The molecule has 0 bridgehead atoms. The fraction of sp³-hybridized carbons (Fsp3) is 0.471. The number of hydrogen-bond donors (Lipinski definition) is 0. The first-order valence-electron chi connectivity index (χ1n) is 8.92. The van der Waals surface area contributed by atoms with Gasteiger partial charge in [0.25, 0.3) is 0 Å². The molecule has 26 heavy (non-hydrogen) atoms. The molecule has 0 aliphatic heterocycles. The van der Waals surface area contributed by atoms with E-state index in [1.165, 1.54) is 11.3 Å². The molecule has 4 heterocycles. The van der Waals surface area contributed by atoms with Gasteiger partial charge in [0.05, 0.1) is 11.3 Å². The van der Waals surface area contributed by atoms with Gasteiger partial charge in [-0.25, -0.2) is 0 Å². The second kappa shape index (κ2) is 6.64. The highest BCUT2D eigenvalue weighted by atomic mass is 32.1. The number of hydrogen-bond acceptors (Lipinski definition) is 6. The van der Waals surface area contributed by atoms with Crippen LogP contribution in [0, 0.1) is 13.8 Å². The van der Waals surface area contributed by atoms with Crippen molar-refractivity contribution in [1.82, 2.24) is 39.4 Å². The van der Waals surface area contributed by atoms with E-state index in [0.717, 1.165) is 64.4 Å². The van der Waals surface area contributed by atoms with E-state index in [1.807, 2.05) is 22.5 Å². The summed E-state index contributed by atoms with van der Waals surface area (Å²) in [5.41, 5.74) is 3.93. The molecular weight excluding hydrogens is 348 g/mol. The summed E-state index contributed by atoms with van der Waals surface area (Å²) in [7, 11) is 0. The van der Waals surface area contributed by atoms with Crippen LogP contribution >= 0.6 is 11.3 Å². The first-order chi connectivity index (χ1) is 12.6. The van der Waals surface area contributed by atoms with Crippen LogP contribution in [0.3, 0.4) is 0 Å². The van der Waals surface area contributed by atoms with E-state index in [0.29, 0.717) is 0 Å². The maximum atomic E-state index is 4.73. The third kappa shape index (κ3) is 2.82. The molecule has 4 aromatic rings. The Morgan fingerprint density at radius 3 is 2.58 bits per heavy atom. The summed E-state index contributed by atoms with van der Waals surface area (Å²) in [6.07, 6.45) is 4.11. The lowest BCUT2D eigenvalue weighted by molar-refractivity contribution is 0.588. The molecule has 0 aliphatic carbocycles. The van der Waals surface area contributed by atoms with Crippen molar-refractivity contribution in [3.63, 3.8) is 0 Å². The molecule has 0 saturated carbocycles. The average molecular weight is 370 g/mol. The lowest BCUT2D eigenvalue weighted by atomic mass is 10.2. The van der Waals surface area contributed by atoms with Gasteiger partial charge in [-0.1, -0.05) is 25.2 Å². The smallest absolute Gasteiger partial charge is 0.235 e. The van der Waals surface area contributed by atoms with E-state index in [4.69, 9.17) is 5.10 Å². The predicted octanol–water partition coefficient (Wildman–Crippen LogP) is 3.35. The van der Waals surface area contributed by atoms with Gasteiger partial charge in [0, 0.05) is 25.0 Å². The van der Waals surface area contributed by atoms with Gasteiger partial charge >= 0.3 is 0 Å². The second-order valence-corrected chi connectivity index (χ2v) is 7.37. The molecular formula is C17H22N8S. The Hall–Kier alpha value is -2.55. The lowest BCUT2D eigenvalue weighted by Gasteiger charge is -1.99. The lowest BCUT2D eigenvalue weighted by Crippen LogP contribution is -2.00. The van der Waals surface area contributed by atoms with Crippen molar-refractivity contribution in [3.8, 4) is 22.1 Å². The summed E-state index contributed by atoms with van der Waals surface area (Å²) in [5, 5.41) is 23.4. The standard InChI is InChI=1S/C17H22N8S/c1-5-7-23-10-13(12(4)20-23)15-18-19-17-25(15)22-16(26-17)14-9-11(3)24(21-14)8-6-2/h9-10H,5-8H2,1-4H3. The van der Waals surface area contributed by atoms with E-state index in [1.54, 1.807) is 4.52 Å². The van der Waals surface area contributed by atoms with Crippen LogP contribution in [0.1, 0.15) is 38.1 Å². The van der Waals surface area contributed by atoms with Gasteiger partial charge in [0.1, 0.15) is 5.69 Å². The van der Waals surface area contributed by atoms with Crippen LogP contribution in [0.15, 0.2) is 12.3 Å². The topological polar surface area (TPSA) is 78.7 Å². The molecule has 0 saturated heterocycles. The van der Waals surface area contributed by atoms with Gasteiger partial charge in [0.2, 0.25) is 4.96 Å². The number of nitrogens with zero attached hydrogens (tertiary/aromatic N) is 8. The minimum atomic E-state index is 0.729. The van der Waals surface area contributed by atoms with Crippen LogP contribution in [-0.2, 0) is 13.1 Å². The minimum absolute atomic E-state index is 0.729. The highest BCUT2D eigenvalue weighted by Crippen LogP contribution is 2.28. The van der Waals surface area contributed by atoms with Crippen LogP contribution < -0.4 is 0 Å². The first-order valence-corrected chi connectivity index (χ1v) is 9.73. The maximum absolute atomic E-state index is 4.73. The van der Waals surface area contributed by atoms with Crippen molar-refractivity contribution in [2.45, 2.75) is 53.6 Å². The normalized spacial score (nSPS) is 11.7. The zero-order chi connectivity index (χ0) is 18.3. The van der Waals surface area contributed by atoms with Crippen molar-refractivity contribution in [2.75, 3.05) is 0 Å². The van der Waals surface area contributed by atoms with Crippen LogP contribution in [0.4, 0.5) is 0 Å². The Bertz CT molecular complexity index is 1050. The Morgan fingerprint density at radius 1 is 1.00 bits per heavy atom. The molecule has 0 radical (unpaired) electrons. The Morgan fingerprint density at radius 2 is 1.81 bits per heavy atom. The van der Waals surface area contributed by atoms with Crippen molar-refractivity contribution in [1.29, 1.82) is 0 Å². The first kappa shape index (κ1) is 16.9. The zero-order valence-corrected chi connectivity index (χ0v) is 16.3. The van der Waals surface area contributed by atoms with Gasteiger partial charge in [-0.3, -0.25) is 9.36 Å². The average Bonchev–Trinajstić information content (AvgIpc) is 3.33. The SMILES string of the molecule is CCCn1cc(-c2nnc3sc(-c4cc(C)n(CCC)n4)nn23)c(C)n1. The summed E-state index contributed by atoms with van der Waals surface area (Å²) >= 11 is 1.50. The third-order valence-corrected chi connectivity index (χ3v) is 5.19. The number of aromatic nitrogens is 8. The van der Waals surface area contributed by atoms with Gasteiger partial charge in [-0.2, -0.15) is 19.8 Å². The molecule has 4 aromatic heterocycles. The number of aryl methyl sites for hydroxylation is 4. The Balaban J connectivity index is 1.75. The fourth-order valence-corrected chi connectivity index (χ4v) is 3.82. The molecule has 8 nitrogen and oxygen atoms in total. The van der Waals surface area contributed by atoms with E-state index in [9.17, 15) is 0 Å². The van der Waals surface area contributed by atoms with Crippen LogP contribution in [0.2, 0.25) is 0 Å². The molecule has 0 aromatic carbocycles. The van der Waals surface area contributed by atoms with Gasteiger partial charge in [0.15, 0.2) is 10.8 Å². The molecule has 0 N–H and O–H groups in total. The summed E-state index contributed by atoms with van der Waals surface area (Å²) in [4.78, 5) is 0.764. The third-order valence-electron chi connectivity index (χ3n) is 4.27. The largest absolute Gasteiger partial charge is 0.272 e. The van der Waals surface area contributed by atoms with Crippen molar-refractivity contribution < 1.29 is 0 Å². The molecule has 0 spiro atoms. The highest BCUT2D eigenvalue weighted by Gasteiger charge is 2.19. The van der Waals surface area contributed by atoms with Crippen LogP contribution in [-0.4, -0.2) is 39.4 Å². The van der Waals surface area contributed by atoms with Crippen LogP contribution in [0.25, 0.3) is 27.1 Å². The highest BCUT2D eigenvalue weighted by molar-refractivity contribution is 7.19. The molecule has 0 amide bonds. The summed E-state index contributed by atoms with van der Waals surface area (Å²) < 4.78 is 5.78. The molecule has 0 fully saturated rings. The van der Waals surface area contributed by atoms with Crippen LogP contribution in [0.5, 0.6) is 0 Å². The molecule has 4 rings (SSSR count). The van der Waals surface area contributed by atoms with Crippen molar-refractivity contribution >= 4 is 16.3 Å². The van der Waals surface area contributed by atoms with Gasteiger partial charge in [-0.15, -0.1) is 10.2 Å². The summed E-state index contributed by atoms with van der Waals surface area (Å²) in [6, 6.07) is 2.07. The molecule has 0 aliphatic rings. The molecule has 9 heteroatoms. The van der Waals surface area contributed by atoms with E-state index in [-0.39, 0.29) is 0 Å². The summed E-state index contributed by atoms with van der Waals surface area (Å²) in [5.74, 6) is 0.729. The van der Waals surface area contributed by atoms with E-state index < -0.39 is 0 Å². The Labute approximate surface area is 155 Å². The predicted molar refractivity (Wildman–Crippen MR) is 101 cm³/mol.